The third-order valence-corrected chi connectivity index (χ3v) is 6.51. The Morgan fingerprint density at radius 1 is 1.30 bits per heavy atom. The molecule has 1 saturated heterocycles. The molecule has 2 aliphatic heterocycles. The van der Waals surface area contributed by atoms with Gasteiger partial charge >= 0.3 is 0 Å². The third-order valence-electron chi connectivity index (χ3n) is 6.24. The molecular formula is C24H26ClN5O3. The number of fused-ring (bicyclic) bond motifs is 4. The molecule has 1 N–H and O–H groups in total. The second kappa shape index (κ2) is 9.49. The van der Waals surface area contributed by atoms with Crippen LogP contribution in [-0.2, 0) is 4.79 Å². The molecule has 1 amide bonds. The number of benzene rings is 1. The molecule has 1 aromatic heterocycles. The molecule has 172 valence electrons. The molecule has 3 aliphatic rings. The molecule has 4 bridgehead atoms. The molecule has 2 atom stereocenters. The summed E-state index contributed by atoms with van der Waals surface area (Å²) >= 11 is 6.37. The standard InChI is InChI=1S/C24H26ClN5O3/c1-32-21-11-20-18-10-22(21)33-8-6-26-24(31)15-3-2-7-30(12-15)13-16-9-17(25)4-5-19(16)29-23(18)28-14-27-20/h4,9-11,14-15H,2-3,5-8,12-13H2,1H3,(H,26,31). The molecule has 33 heavy (non-hydrogen) atoms. The fourth-order valence-corrected chi connectivity index (χ4v) is 4.77. The topological polar surface area (TPSA) is 88.9 Å². The zero-order chi connectivity index (χ0) is 22.8. The minimum absolute atomic E-state index is 0.0402. The molecule has 0 saturated carbocycles. The maximum absolute atomic E-state index is 12.8. The molecule has 1 aromatic carbocycles. The minimum atomic E-state index is -0.0402. The van der Waals surface area contributed by atoms with E-state index >= 15 is 0 Å². The van der Waals surface area contributed by atoms with Gasteiger partial charge in [-0.3, -0.25) is 9.69 Å². The average molecular weight is 468 g/mol. The van der Waals surface area contributed by atoms with Gasteiger partial charge in [-0.2, -0.15) is 0 Å². The van der Waals surface area contributed by atoms with E-state index in [1.807, 2.05) is 24.3 Å². The van der Waals surface area contributed by atoms with E-state index in [0.29, 0.717) is 55.0 Å². The van der Waals surface area contributed by atoms with Crippen molar-refractivity contribution < 1.29 is 14.3 Å². The van der Waals surface area contributed by atoms with Crippen molar-refractivity contribution in [2.24, 2.45) is 10.9 Å². The number of ether oxygens (including phenoxy) is 2. The van der Waals surface area contributed by atoms with E-state index in [1.54, 1.807) is 7.11 Å². The smallest absolute Gasteiger partial charge is 0.224 e. The van der Waals surface area contributed by atoms with Crippen molar-refractivity contribution in [2.75, 3.05) is 39.9 Å². The Balaban J connectivity index is 1.60. The van der Waals surface area contributed by atoms with E-state index in [4.69, 9.17) is 26.1 Å². The number of carbonyl (C=O) groups is 1. The van der Waals surface area contributed by atoms with Gasteiger partial charge in [0.15, 0.2) is 17.3 Å². The Kier molecular flexibility index (Phi) is 6.28. The monoisotopic (exact) mass is 467 g/mol. The summed E-state index contributed by atoms with van der Waals surface area (Å²) in [7, 11) is 1.59. The average Bonchev–Trinajstić information content (AvgIpc) is 2.82. The molecule has 0 spiro atoms. The van der Waals surface area contributed by atoms with Gasteiger partial charge in [0.05, 0.1) is 30.8 Å². The molecule has 8 nitrogen and oxygen atoms in total. The number of allylic oxidation sites excluding steroid dienone is 3. The number of amides is 1. The van der Waals surface area contributed by atoms with Crippen LogP contribution in [0.3, 0.4) is 0 Å². The molecule has 2 aromatic rings. The highest BCUT2D eigenvalue weighted by Crippen LogP contribution is 2.35. The maximum atomic E-state index is 12.8. The quantitative estimate of drug-likeness (QED) is 0.691. The van der Waals surface area contributed by atoms with Crippen molar-refractivity contribution >= 4 is 39.9 Å². The number of hydrogen-bond donors (Lipinski definition) is 1. The Morgan fingerprint density at radius 2 is 2.21 bits per heavy atom. The molecular weight excluding hydrogens is 442 g/mol. The van der Waals surface area contributed by atoms with E-state index in [0.717, 1.165) is 41.6 Å². The highest BCUT2D eigenvalue weighted by molar-refractivity contribution is 6.32. The number of halogens is 1. The lowest BCUT2D eigenvalue weighted by molar-refractivity contribution is -0.126. The van der Waals surface area contributed by atoms with Gasteiger partial charge in [0.2, 0.25) is 5.91 Å². The second-order valence-corrected chi connectivity index (χ2v) is 8.89. The number of nitrogens with one attached hydrogen (secondary N) is 1. The SMILES string of the molecule is COc1cc2ncnc3c2cc1OCCNC(=O)C1CCCN(CC2=CC(Cl)=CCC2=N3)C1. The van der Waals surface area contributed by atoms with Crippen molar-refractivity contribution in [1.82, 2.24) is 20.2 Å². The van der Waals surface area contributed by atoms with Crippen molar-refractivity contribution in [3.05, 3.63) is 41.2 Å². The van der Waals surface area contributed by atoms with Crippen LogP contribution in [0.15, 0.2) is 46.2 Å². The number of carbonyl (C=O) groups excluding carboxylic acids is 1. The summed E-state index contributed by atoms with van der Waals surface area (Å²) in [4.78, 5) is 28.9. The van der Waals surface area contributed by atoms with Gasteiger partial charge in [-0.1, -0.05) is 17.7 Å². The zero-order valence-corrected chi connectivity index (χ0v) is 19.3. The van der Waals surface area contributed by atoms with Crippen LogP contribution in [-0.4, -0.2) is 66.4 Å². The normalized spacial score (nSPS) is 23.6. The Bertz CT molecular complexity index is 1180. The molecule has 9 heteroatoms. The summed E-state index contributed by atoms with van der Waals surface area (Å²) in [6, 6.07) is 3.68. The summed E-state index contributed by atoms with van der Waals surface area (Å²) in [5.74, 6) is 1.75. The summed E-state index contributed by atoms with van der Waals surface area (Å²) in [5, 5.41) is 4.50. The van der Waals surface area contributed by atoms with Crippen molar-refractivity contribution in [2.45, 2.75) is 19.3 Å². The molecule has 3 heterocycles. The van der Waals surface area contributed by atoms with Crippen LogP contribution in [0.2, 0.25) is 0 Å². The predicted octanol–water partition coefficient (Wildman–Crippen LogP) is 3.38. The lowest BCUT2D eigenvalue weighted by atomic mass is 9.95. The van der Waals surface area contributed by atoms with E-state index in [1.165, 1.54) is 6.33 Å². The highest BCUT2D eigenvalue weighted by atomic mass is 35.5. The van der Waals surface area contributed by atoms with Crippen molar-refractivity contribution in [3.8, 4) is 11.5 Å². The number of rotatable bonds is 1. The third kappa shape index (κ3) is 4.72. The predicted molar refractivity (Wildman–Crippen MR) is 127 cm³/mol. The van der Waals surface area contributed by atoms with Crippen molar-refractivity contribution in [1.29, 1.82) is 0 Å². The fraction of sp³-hybridized carbons (Fsp3) is 0.417. The van der Waals surface area contributed by atoms with Crippen molar-refractivity contribution in [3.63, 3.8) is 0 Å². The van der Waals surface area contributed by atoms with Crippen LogP contribution in [0.25, 0.3) is 10.9 Å². The number of aliphatic imine (C=N–C) groups is 1. The molecule has 0 radical (unpaired) electrons. The van der Waals surface area contributed by atoms with Crippen LogP contribution in [0.4, 0.5) is 5.82 Å². The number of methoxy groups -OCH3 is 1. The Labute approximate surface area is 197 Å². The highest BCUT2D eigenvalue weighted by Gasteiger charge is 2.27. The second-order valence-electron chi connectivity index (χ2n) is 8.45. The van der Waals surface area contributed by atoms with Crippen LogP contribution in [0.1, 0.15) is 19.3 Å². The van der Waals surface area contributed by atoms with Gasteiger partial charge in [-0.15, -0.1) is 0 Å². The lowest BCUT2D eigenvalue weighted by Crippen LogP contribution is -2.44. The van der Waals surface area contributed by atoms with Gasteiger partial charge in [0.1, 0.15) is 12.9 Å². The Morgan fingerprint density at radius 3 is 3.09 bits per heavy atom. The minimum Gasteiger partial charge on any atom is -0.493 e. The van der Waals surface area contributed by atoms with E-state index in [2.05, 4.69) is 20.2 Å². The number of aromatic nitrogens is 2. The fourth-order valence-electron chi connectivity index (χ4n) is 4.56. The van der Waals surface area contributed by atoms with Crippen LogP contribution < -0.4 is 14.8 Å². The molecule has 1 fully saturated rings. The largest absolute Gasteiger partial charge is 0.493 e. The number of hydrogen-bond acceptors (Lipinski definition) is 7. The first-order chi connectivity index (χ1) is 16.1. The Hall–Kier alpha value is -2.97. The molecule has 5 rings (SSSR count). The first-order valence-electron chi connectivity index (χ1n) is 11.2. The zero-order valence-electron chi connectivity index (χ0n) is 18.5. The van der Waals surface area contributed by atoms with Gasteiger partial charge in [0, 0.05) is 36.0 Å². The summed E-state index contributed by atoms with van der Waals surface area (Å²) in [5.41, 5.74) is 2.68. The summed E-state index contributed by atoms with van der Waals surface area (Å²) in [6.07, 6.45) is 7.92. The first-order valence-corrected chi connectivity index (χ1v) is 11.6. The van der Waals surface area contributed by atoms with Gasteiger partial charge in [-0.25, -0.2) is 15.0 Å². The van der Waals surface area contributed by atoms with Gasteiger partial charge in [-0.05, 0) is 37.1 Å². The van der Waals surface area contributed by atoms with E-state index in [-0.39, 0.29) is 11.8 Å². The maximum Gasteiger partial charge on any atom is 0.224 e. The van der Waals surface area contributed by atoms with E-state index < -0.39 is 0 Å². The lowest BCUT2D eigenvalue weighted by Gasteiger charge is -2.33. The van der Waals surface area contributed by atoms with E-state index in [9.17, 15) is 4.79 Å². The van der Waals surface area contributed by atoms with Crippen LogP contribution in [0.5, 0.6) is 11.5 Å². The van der Waals surface area contributed by atoms with Crippen LogP contribution in [0, 0.1) is 5.92 Å². The number of nitrogens with zero attached hydrogens (tertiary/aromatic N) is 4. The summed E-state index contributed by atoms with van der Waals surface area (Å²) in [6.45, 7) is 3.10. The molecule has 1 aliphatic carbocycles. The first kappa shape index (κ1) is 21.9. The number of piperidine rings is 1. The van der Waals surface area contributed by atoms with Gasteiger partial charge in [0.25, 0.3) is 0 Å². The van der Waals surface area contributed by atoms with Gasteiger partial charge < -0.3 is 14.8 Å². The van der Waals surface area contributed by atoms with Crippen LogP contribution >= 0.6 is 11.6 Å². The molecule has 2 unspecified atom stereocenters. The summed E-state index contributed by atoms with van der Waals surface area (Å²) < 4.78 is 11.5.